The van der Waals surface area contributed by atoms with Crippen LogP contribution in [0.25, 0.3) is 11.3 Å². The molecule has 0 unspecified atom stereocenters. The third-order valence-corrected chi connectivity index (χ3v) is 4.50. The summed E-state index contributed by atoms with van der Waals surface area (Å²) in [5.41, 5.74) is 1.33. The van der Waals surface area contributed by atoms with E-state index in [1.54, 1.807) is 4.68 Å². The molecule has 0 bridgehead atoms. The van der Waals surface area contributed by atoms with Crippen molar-refractivity contribution in [1.82, 2.24) is 9.78 Å². The number of H-pyrrole nitrogens is 1. The highest BCUT2D eigenvalue weighted by molar-refractivity contribution is 5.94. The molecule has 0 saturated heterocycles. The Labute approximate surface area is 144 Å². The number of hydrogen-bond donors (Lipinski definition) is 2. The van der Waals surface area contributed by atoms with E-state index >= 15 is 0 Å². The third-order valence-electron chi connectivity index (χ3n) is 4.50. The zero-order valence-electron chi connectivity index (χ0n) is 14.1. The van der Waals surface area contributed by atoms with Gasteiger partial charge in [-0.3, -0.25) is 19.4 Å². The zero-order chi connectivity index (χ0) is 17.6. The third kappa shape index (κ3) is 2.59. The normalized spacial score (nSPS) is 16.8. The van der Waals surface area contributed by atoms with Crippen LogP contribution in [0.4, 0.5) is 5.82 Å². The topological polar surface area (TPSA) is 80.0 Å². The molecule has 1 amide bonds. The summed E-state index contributed by atoms with van der Waals surface area (Å²) in [7, 11) is 0. The SMILES string of the molecule is CC(C)n1[nH]c(=O)c2c1NC(=O)C[C@@H]2c1ccc(-c2ccccc2)o1. The van der Waals surface area contributed by atoms with E-state index in [2.05, 4.69) is 10.4 Å². The molecule has 0 aliphatic carbocycles. The second kappa shape index (κ2) is 5.81. The highest BCUT2D eigenvalue weighted by atomic mass is 16.3. The number of aromatic amines is 1. The summed E-state index contributed by atoms with van der Waals surface area (Å²) in [6.07, 6.45) is 0.194. The molecule has 1 aliphatic rings. The van der Waals surface area contributed by atoms with Gasteiger partial charge in [0.25, 0.3) is 5.56 Å². The van der Waals surface area contributed by atoms with Gasteiger partial charge in [-0.1, -0.05) is 30.3 Å². The first-order valence-electron chi connectivity index (χ1n) is 8.34. The predicted octanol–water partition coefficient (Wildman–Crippen LogP) is 3.49. The average molecular weight is 337 g/mol. The Bertz CT molecular complexity index is 979. The fraction of sp³-hybridized carbons (Fsp3) is 0.263. The van der Waals surface area contributed by atoms with Crippen LogP contribution in [0.3, 0.4) is 0 Å². The van der Waals surface area contributed by atoms with E-state index in [1.807, 2.05) is 56.3 Å². The number of aromatic nitrogens is 2. The van der Waals surface area contributed by atoms with E-state index in [0.29, 0.717) is 17.1 Å². The van der Waals surface area contributed by atoms with Gasteiger partial charge in [0.2, 0.25) is 5.91 Å². The number of carbonyl (C=O) groups is 1. The average Bonchev–Trinajstić information content (AvgIpc) is 3.20. The predicted molar refractivity (Wildman–Crippen MR) is 94.7 cm³/mol. The van der Waals surface area contributed by atoms with Gasteiger partial charge in [-0.2, -0.15) is 0 Å². The summed E-state index contributed by atoms with van der Waals surface area (Å²) in [5, 5.41) is 5.64. The summed E-state index contributed by atoms with van der Waals surface area (Å²) in [5.74, 6) is 1.39. The molecule has 25 heavy (non-hydrogen) atoms. The number of amides is 1. The molecule has 1 aliphatic heterocycles. The fourth-order valence-electron chi connectivity index (χ4n) is 3.31. The lowest BCUT2D eigenvalue weighted by molar-refractivity contribution is -0.116. The number of nitrogens with one attached hydrogen (secondary N) is 2. The van der Waals surface area contributed by atoms with E-state index in [9.17, 15) is 9.59 Å². The summed E-state index contributed by atoms with van der Waals surface area (Å²) in [4.78, 5) is 24.7. The molecule has 3 heterocycles. The van der Waals surface area contributed by atoms with Gasteiger partial charge in [0.05, 0.1) is 11.5 Å². The maximum absolute atomic E-state index is 12.5. The summed E-state index contributed by atoms with van der Waals surface area (Å²) >= 11 is 0. The Morgan fingerprint density at radius 1 is 1.12 bits per heavy atom. The van der Waals surface area contributed by atoms with Crippen molar-refractivity contribution >= 4 is 11.7 Å². The molecule has 6 nitrogen and oxygen atoms in total. The van der Waals surface area contributed by atoms with Gasteiger partial charge in [-0.25, -0.2) is 0 Å². The monoisotopic (exact) mass is 337 g/mol. The first-order chi connectivity index (χ1) is 12.0. The molecule has 1 atom stereocenters. The maximum atomic E-state index is 12.5. The standard InChI is InChI=1S/C19H19N3O3/c1-11(2)22-18-17(19(24)21-22)13(10-16(23)20-18)15-9-8-14(25-15)12-6-4-3-5-7-12/h3-9,11,13H,10H2,1-2H3,(H,20,23)(H,21,24)/t13-/m1/s1. The van der Waals surface area contributed by atoms with Crippen molar-refractivity contribution in [2.45, 2.75) is 32.2 Å². The number of nitrogens with zero attached hydrogens (tertiary/aromatic N) is 1. The summed E-state index contributed by atoms with van der Waals surface area (Å²) < 4.78 is 7.69. The van der Waals surface area contributed by atoms with Gasteiger partial charge >= 0.3 is 0 Å². The molecule has 6 heteroatoms. The van der Waals surface area contributed by atoms with Gasteiger partial charge in [0.15, 0.2) is 0 Å². The molecule has 3 aromatic rings. The summed E-state index contributed by atoms with van der Waals surface area (Å²) in [6, 6.07) is 13.5. The lowest BCUT2D eigenvalue weighted by atomic mass is 9.92. The molecule has 0 saturated carbocycles. The number of carbonyl (C=O) groups excluding carboxylic acids is 1. The van der Waals surface area contributed by atoms with Crippen molar-refractivity contribution < 1.29 is 9.21 Å². The van der Waals surface area contributed by atoms with Crippen LogP contribution in [0.2, 0.25) is 0 Å². The van der Waals surface area contributed by atoms with Crippen LogP contribution < -0.4 is 10.9 Å². The smallest absolute Gasteiger partial charge is 0.270 e. The number of hydrogen-bond acceptors (Lipinski definition) is 3. The van der Waals surface area contributed by atoms with Gasteiger partial charge in [0.1, 0.15) is 17.3 Å². The lowest BCUT2D eigenvalue weighted by Gasteiger charge is -2.22. The van der Waals surface area contributed by atoms with Crippen molar-refractivity contribution in [3.63, 3.8) is 0 Å². The molecule has 2 N–H and O–H groups in total. The Kier molecular flexibility index (Phi) is 3.60. The highest BCUT2D eigenvalue weighted by Gasteiger charge is 2.34. The van der Waals surface area contributed by atoms with Gasteiger partial charge in [-0.05, 0) is 26.0 Å². The van der Waals surface area contributed by atoms with E-state index in [4.69, 9.17) is 4.42 Å². The minimum atomic E-state index is -0.384. The molecule has 1 aromatic carbocycles. The van der Waals surface area contributed by atoms with E-state index in [-0.39, 0.29) is 29.8 Å². The molecule has 4 rings (SSSR count). The second-order valence-electron chi connectivity index (χ2n) is 6.54. The Balaban J connectivity index is 1.79. The van der Waals surface area contributed by atoms with Crippen molar-refractivity contribution in [3.05, 3.63) is 64.1 Å². The van der Waals surface area contributed by atoms with Crippen LogP contribution >= 0.6 is 0 Å². The van der Waals surface area contributed by atoms with Crippen molar-refractivity contribution in [2.24, 2.45) is 0 Å². The van der Waals surface area contributed by atoms with Gasteiger partial charge in [-0.15, -0.1) is 0 Å². The van der Waals surface area contributed by atoms with Crippen molar-refractivity contribution in [2.75, 3.05) is 5.32 Å². The number of anilines is 1. The number of benzene rings is 1. The molecular formula is C19H19N3O3. The fourth-order valence-corrected chi connectivity index (χ4v) is 3.31. The number of furan rings is 1. The van der Waals surface area contributed by atoms with E-state index in [1.165, 1.54) is 0 Å². The van der Waals surface area contributed by atoms with Crippen molar-refractivity contribution in [1.29, 1.82) is 0 Å². The van der Waals surface area contributed by atoms with Gasteiger partial charge in [0, 0.05) is 18.0 Å². The number of rotatable bonds is 3. The van der Waals surface area contributed by atoms with E-state index in [0.717, 1.165) is 11.3 Å². The molecule has 128 valence electrons. The lowest BCUT2D eigenvalue weighted by Crippen LogP contribution is -2.27. The molecule has 0 fully saturated rings. The Hall–Kier alpha value is -3.02. The van der Waals surface area contributed by atoms with Crippen LogP contribution in [-0.2, 0) is 4.79 Å². The second-order valence-corrected chi connectivity index (χ2v) is 6.54. The summed E-state index contributed by atoms with van der Waals surface area (Å²) in [6.45, 7) is 3.90. The van der Waals surface area contributed by atoms with Crippen LogP contribution in [-0.4, -0.2) is 15.7 Å². The Morgan fingerprint density at radius 2 is 1.88 bits per heavy atom. The van der Waals surface area contributed by atoms with Crippen LogP contribution in [0.15, 0.2) is 51.7 Å². The first-order valence-corrected chi connectivity index (χ1v) is 8.34. The van der Waals surface area contributed by atoms with Gasteiger partial charge < -0.3 is 9.73 Å². The zero-order valence-corrected chi connectivity index (χ0v) is 14.1. The minimum Gasteiger partial charge on any atom is -0.460 e. The molecule has 0 spiro atoms. The molecule has 2 aromatic heterocycles. The minimum absolute atomic E-state index is 0.0342. The first kappa shape index (κ1) is 15.5. The van der Waals surface area contributed by atoms with Crippen LogP contribution in [0.5, 0.6) is 0 Å². The maximum Gasteiger partial charge on any atom is 0.270 e. The van der Waals surface area contributed by atoms with Crippen LogP contribution in [0.1, 0.15) is 43.6 Å². The Morgan fingerprint density at radius 3 is 2.60 bits per heavy atom. The quantitative estimate of drug-likeness (QED) is 0.768. The van der Waals surface area contributed by atoms with Crippen molar-refractivity contribution in [3.8, 4) is 11.3 Å². The molecular weight excluding hydrogens is 318 g/mol. The highest BCUT2D eigenvalue weighted by Crippen LogP contribution is 2.37. The number of fused-ring (bicyclic) bond motifs is 1. The van der Waals surface area contributed by atoms with E-state index < -0.39 is 0 Å². The van der Waals surface area contributed by atoms with Crippen LogP contribution in [0, 0.1) is 0 Å². The molecule has 0 radical (unpaired) electrons. The largest absolute Gasteiger partial charge is 0.460 e.